The third-order valence-corrected chi connectivity index (χ3v) is 12.1. The number of hydrogen-bond donors (Lipinski definition) is 0. The number of thiophene rings is 2. The minimum Gasteiger partial charge on any atom is -0.310 e. The Hall–Kier alpha value is -6.20. The smallest absolute Gasteiger partial charge is 0.0554 e. The molecule has 4 heteroatoms. The van der Waals surface area contributed by atoms with Crippen LogP contribution < -0.4 is 9.80 Å². The van der Waals surface area contributed by atoms with Crippen molar-refractivity contribution in [2.45, 2.75) is 0 Å². The van der Waals surface area contributed by atoms with Gasteiger partial charge in [0.15, 0.2) is 0 Å². The molecule has 0 aliphatic heterocycles. The Morgan fingerprint density at radius 3 is 1.46 bits per heavy atom. The van der Waals surface area contributed by atoms with Crippen LogP contribution in [0.15, 0.2) is 194 Å². The molecule has 0 radical (unpaired) electrons. The average Bonchev–Trinajstić information content (AvgIpc) is 3.78. The second-order valence-corrected chi connectivity index (χ2v) is 15.1. The summed E-state index contributed by atoms with van der Waals surface area (Å²) in [5, 5.41) is 5.10. The fourth-order valence-corrected chi connectivity index (χ4v) is 9.63. The predicted molar refractivity (Wildman–Crippen MR) is 227 cm³/mol. The summed E-state index contributed by atoms with van der Waals surface area (Å²) in [5.74, 6) is 0. The second-order valence-electron chi connectivity index (χ2n) is 13.0. The van der Waals surface area contributed by atoms with Crippen LogP contribution in [0, 0.1) is 0 Å². The molecule has 0 N–H and O–H groups in total. The fourth-order valence-electron chi connectivity index (χ4n) is 7.44. The molecule has 0 unspecified atom stereocenters. The van der Waals surface area contributed by atoms with Crippen molar-refractivity contribution in [3.63, 3.8) is 0 Å². The maximum Gasteiger partial charge on any atom is 0.0554 e. The Labute approximate surface area is 310 Å². The topological polar surface area (TPSA) is 6.48 Å². The van der Waals surface area contributed by atoms with Gasteiger partial charge >= 0.3 is 0 Å². The highest BCUT2D eigenvalue weighted by molar-refractivity contribution is 7.26. The number of nitrogens with zero attached hydrogens (tertiary/aromatic N) is 2. The third kappa shape index (κ3) is 5.32. The van der Waals surface area contributed by atoms with Gasteiger partial charge in [-0.25, -0.2) is 0 Å². The van der Waals surface area contributed by atoms with E-state index in [-0.39, 0.29) is 0 Å². The molecule has 10 rings (SSSR count). The number of rotatable bonds is 7. The minimum absolute atomic E-state index is 1.12. The third-order valence-electron chi connectivity index (χ3n) is 9.84. The van der Waals surface area contributed by atoms with Crippen LogP contribution in [-0.2, 0) is 0 Å². The van der Waals surface area contributed by atoms with E-state index in [0.29, 0.717) is 0 Å². The van der Waals surface area contributed by atoms with Crippen molar-refractivity contribution in [2.24, 2.45) is 0 Å². The molecule has 0 saturated carbocycles. The van der Waals surface area contributed by atoms with Crippen LogP contribution in [0.3, 0.4) is 0 Å². The summed E-state index contributed by atoms with van der Waals surface area (Å²) in [4.78, 5) is 4.80. The number of hydrogen-bond acceptors (Lipinski definition) is 4. The summed E-state index contributed by atoms with van der Waals surface area (Å²) in [6.45, 7) is 0. The average molecular weight is 701 g/mol. The Balaban J connectivity index is 1.18. The maximum atomic E-state index is 2.42. The zero-order chi connectivity index (χ0) is 34.4. The van der Waals surface area contributed by atoms with Crippen LogP contribution in [0.1, 0.15) is 0 Å². The van der Waals surface area contributed by atoms with E-state index in [1.54, 1.807) is 0 Å². The molecule has 0 aliphatic rings. The largest absolute Gasteiger partial charge is 0.310 e. The van der Waals surface area contributed by atoms with Crippen molar-refractivity contribution in [3.8, 4) is 11.1 Å². The van der Waals surface area contributed by atoms with E-state index in [1.807, 2.05) is 22.7 Å². The zero-order valence-electron chi connectivity index (χ0n) is 28.2. The molecule has 2 nitrogen and oxygen atoms in total. The van der Waals surface area contributed by atoms with Crippen molar-refractivity contribution in [1.29, 1.82) is 0 Å². The van der Waals surface area contributed by atoms with Crippen LogP contribution in [0.25, 0.3) is 51.5 Å². The maximum absolute atomic E-state index is 2.42. The van der Waals surface area contributed by atoms with E-state index in [0.717, 1.165) is 28.4 Å². The molecule has 246 valence electrons. The summed E-state index contributed by atoms with van der Waals surface area (Å²) >= 11 is 3.71. The Morgan fingerprint density at radius 2 is 0.769 bits per heavy atom. The first-order valence-electron chi connectivity index (χ1n) is 17.5. The van der Waals surface area contributed by atoms with E-state index in [2.05, 4.69) is 204 Å². The van der Waals surface area contributed by atoms with Gasteiger partial charge in [-0.3, -0.25) is 0 Å². The molecular formula is C48H32N2S2. The molecule has 0 aliphatic carbocycles. The monoisotopic (exact) mass is 700 g/mol. The molecule has 0 amide bonds. The highest BCUT2D eigenvalue weighted by Gasteiger charge is 2.21. The van der Waals surface area contributed by atoms with E-state index in [1.165, 1.54) is 57.2 Å². The van der Waals surface area contributed by atoms with Crippen LogP contribution in [-0.4, -0.2) is 0 Å². The standard InChI is InChI=1S/C48H32N2S2/c1-4-13-33(14-5-1)34-23-25-37(26-24-34)49(38-27-29-45-41(31-38)40-19-10-11-21-44(40)51-45)39-28-30-46-42(32-39)48-43(20-12-22-47(48)52-46)50(35-15-6-2-7-16-35)36-17-8-3-9-18-36/h1-32H. The first-order chi connectivity index (χ1) is 25.8. The fraction of sp³-hybridized carbons (Fsp3) is 0. The molecule has 2 aromatic heterocycles. The first kappa shape index (κ1) is 30.6. The Kier molecular flexibility index (Phi) is 7.56. The van der Waals surface area contributed by atoms with Crippen molar-refractivity contribution in [1.82, 2.24) is 0 Å². The first-order valence-corrected chi connectivity index (χ1v) is 19.1. The lowest BCUT2D eigenvalue weighted by atomic mass is 10.0. The Morgan fingerprint density at radius 1 is 0.288 bits per heavy atom. The van der Waals surface area contributed by atoms with Crippen LogP contribution in [0.2, 0.25) is 0 Å². The van der Waals surface area contributed by atoms with Gasteiger partial charge in [-0.05, 0) is 102 Å². The highest BCUT2D eigenvalue weighted by Crippen LogP contribution is 2.47. The number of anilines is 6. The lowest BCUT2D eigenvalue weighted by Crippen LogP contribution is -2.10. The molecule has 0 spiro atoms. The normalized spacial score (nSPS) is 11.5. The van der Waals surface area contributed by atoms with Gasteiger partial charge < -0.3 is 9.80 Å². The second kappa shape index (κ2) is 12.8. The molecule has 0 fully saturated rings. The van der Waals surface area contributed by atoms with E-state index < -0.39 is 0 Å². The summed E-state index contributed by atoms with van der Waals surface area (Å²) in [6, 6.07) is 70.3. The summed E-state index contributed by atoms with van der Waals surface area (Å²) in [5.41, 5.74) is 9.23. The lowest BCUT2D eigenvalue weighted by molar-refractivity contribution is 1.29. The molecule has 0 bridgehead atoms. The van der Waals surface area contributed by atoms with E-state index in [4.69, 9.17) is 0 Å². The molecule has 0 saturated heterocycles. The Bertz CT molecular complexity index is 2800. The molecular weight excluding hydrogens is 669 g/mol. The predicted octanol–water partition coefficient (Wildman–Crippen LogP) is 15.0. The molecule has 52 heavy (non-hydrogen) atoms. The van der Waals surface area contributed by atoms with Crippen LogP contribution in [0.4, 0.5) is 34.1 Å². The van der Waals surface area contributed by atoms with Gasteiger partial charge in [0.2, 0.25) is 0 Å². The van der Waals surface area contributed by atoms with Crippen LogP contribution >= 0.6 is 22.7 Å². The van der Waals surface area contributed by atoms with Gasteiger partial charge in [-0.2, -0.15) is 0 Å². The van der Waals surface area contributed by atoms with Crippen molar-refractivity contribution < 1.29 is 0 Å². The van der Waals surface area contributed by atoms with Gasteiger partial charge in [0.05, 0.1) is 5.69 Å². The van der Waals surface area contributed by atoms with Gasteiger partial charge in [0.25, 0.3) is 0 Å². The quantitative estimate of drug-likeness (QED) is 0.163. The molecule has 10 aromatic rings. The zero-order valence-corrected chi connectivity index (χ0v) is 29.8. The van der Waals surface area contributed by atoms with Crippen molar-refractivity contribution >= 4 is 97.1 Å². The number of para-hydroxylation sites is 2. The number of fused-ring (bicyclic) bond motifs is 6. The molecule has 0 atom stereocenters. The SMILES string of the molecule is c1ccc(-c2ccc(N(c3ccc4sc5ccccc5c4c3)c3ccc4sc5cccc(N(c6ccccc6)c6ccccc6)c5c4c3)cc2)cc1. The van der Waals surface area contributed by atoms with Gasteiger partial charge in [-0.15, -0.1) is 22.7 Å². The molecule has 8 aromatic carbocycles. The summed E-state index contributed by atoms with van der Waals surface area (Å²) in [6.07, 6.45) is 0. The summed E-state index contributed by atoms with van der Waals surface area (Å²) < 4.78 is 5.15. The van der Waals surface area contributed by atoms with Crippen LogP contribution in [0.5, 0.6) is 0 Å². The molecule has 2 heterocycles. The van der Waals surface area contributed by atoms with E-state index >= 15 is 0 Å². The minimum atomic E-state index is 1.12. The van der Waals surface area contributed by atoms with Gasteiger partial charge in [0.1, 0.15) is 0 Å². The number of benzene rings is 8. The van der Waals surface area contributed by atoms with Crippen molar-refractivity contribution in [2.75, 3.05) is 9.80 Å². The summed E-state index contributed by atoms with van der Waals surface area (Å²) in [7, 11) is 0. The van der Waals surface area contributed by atoms with E-state index in [9.17, 15) is 0 Å². The van der Waals surface area contributed by atoms with Gasteiger partial charge in [0, 0.05) is 68.8 Å². The van der Waals surface area contributed by atoms with Crippen molar-refractivity contribution in [3.05, 3.63) is 194 Å². The highest BCUT2D eigenvalue weighted by atomic mass is 32.1. The lowest BCUT2D eigenvalue weighted by Gasteiger charge is -2.27. The van der Waals surface area contributed by atoms with Gasteiger partial charge in [-0.1, -0.05) is 103 Å².